The first kappa shape index (κ1) is 21.7. The van der Waals surface area contributed by atoms with Crippen molar-refractivity contribution in [2.45, 2.75) is 32.7 Å². The number of aromatic nitrogens is 1. The Labute approximate surface area is 187 Å². The maximum atomic E-state index is 13.4. The molecule has 32 heavy (non-hydrogen) atoms. The van der Waals surface area contributed by atoms with Crippen LogP contribution in [-0.4, -0.2) is 43.7 Å². The highest BCUT2D eigenvalue weighted by molar-refractivity contribution is 6.14. The molecule has 2 heterocycles. The van der Waals surface area contributed by atoms with Gasteiger partial charge in [0.1, 0.15) is 17.2 Å². The van der Waals surface area contributed by atoms with Crippen LogP contribution >= 0.6 is 0 Å². The van der Waals surface area contributed by atoms with Gasteiger partial charge in [0.15, 0.2) is 0 Å². The number of aryl methyl sites for hydroxylation is 1. The fraction of sp³-hybridized carbons (Fsp3) is 0.360. The molecule has 1 aliphatic rings. The number of carbonyl (C=O) groups is 2. The van der Waals surface area contributed by atoms with Gasteiger partial charge in [-0.1, -0.05) is 12.1 Å². The average molecular weight is 436 g/mol. The van der Waals surface area contributed by atoms with Crippen LogP contribution in [0.25, 0.3) is 10.9 Å². The quantitative estimate of drug-likeness (QED) is 0.585. The van der Waals surface area contributed by atoms with Crippen molar-refractivity contribution in [3.63, 3.8) is 0 Å². The van der Waals surface area contributed by atoms with E-state index in [2.05, 4.69) is 5.32 Å². The Kier molecular flexibility index (Phi) is 6.35. The van der Waals surface area contributed by atoms with E-state index in [1.54, 1.807) is 19.1 Å². The molecule has 3 aromatic rings. The number of amides is 2. The predicted molar refractivity (Wildman–Crippen MR) is 125 cm³/mol. The predicted octanol–water partition coefficient (Wildman–Crippen LogP) is 3.78. The molecule has 0 saturated carbocycles. The van der Waals surface area contributed by atoms with Crippen LogP contribution in [0.3, 0.4) is 0 Å². The van der Waals surface area contributed by atoms with E-state index in [1.165, 1.54) is 0 Å². The summed E-state index contributed by atoms with van der Waals surface area (Å²) >= 11 is 0. The third kappa shape index (κ3) is 4.02. The zero-order valence-corrected chi connectivity index (χ0v) is 18.8. The Morgan fingerprint density at radius 3 is 2.56 bits per heavy atom. The first-order chi connectivity index (χ1) is 15.6. The van der Waals surface area contributed by atoms with Crippen LogP contribution in [0.2, 0.25) is 0 Å². The number of hydrogen-bond donors (Lipinski definition) is 1. The summed E-state index contributed by atoms with van der Waals surface area (Å²) in [5, 5.41) is 3.92. The van der Waals surface area contributed by atoms with E-state index in [1.807, 2.05) is 54.0 Å². The van der Waals surface area contributed by atoms with Crippen LogP contribution in [0.1, 0.15) is 35.8 Å². The highest BCUT2D eigenvalue weighted by Crippen LogP contribution is 2.38. The van der Waals surface area contributed by atoms with E-state index in [-0.39, 0.29) is 11.8 Å². The Hall–Kier alpha value is -3.48. The number of nitrogens with zero attached hydrogens (tertiary/aromatic N) is 2. The lowest BCUT2D eigenvalue weighted by atomic mass is 10.1. The molecule has 2 aromatic carbocycles. The smallest absolute Gasteiger partial charge is 0.270 e. The maximum absolute atomic E-state index is 13.4. The van der Waals surface area contributed by atoms with Crippen molar-refractivity contribution in [3.05, 3.63) is 53.7 Å². The first-order valence-corrected chi connectivity index (χ1v) is 11.0. The van der Waals surface area contributed by atoms with Crippen LogP contribution < -0.4 is 19.7 Å². The third-order valence-corrected chi connectivity index (χ3v) is 5.95. The van der Waals surface area contributed by atoms with Gasteiger partial charge >= 0.3 is 0 Å². The number of nitrogens with one attached hydrogen (secondary N) is 1. The molecule has 1 N–H and O–H groups in total. The highest BCUT2D eigenvalue weighted by atomic mass is 16.5. The molecule has 0 bridgehead atoms. The minimum absolute atomic E-state index is 0.0494. The first-order valence-electron chi connectivity index (χ1n) is 11.0. The van der Waals surface area contributed by atoms with Gasteiger partial charge in [0.2, 0.25) is 5.91 Å². The molecule has 7 heteroatoms. The van der Waals surface area contributed by atoms with Gasteiger partial charge in [0.25, 0.3) is 5.91 Å². The lowest BCUT2D eigenvalue weighted by Gasteiger charge is -2.18. The van der Waals surface area contributed by atoms with Gasteiger partial charge in [-0.05, 0) is 55.7 Å². The van der Waals surface area contributed by atoms with Crippen LogP contribution in [0.4, 0.5) is 5.69 Å². The molecule has 4 rings (SSSR count). The summed E-state index contributed by atoms with van der Waals surface area (Å²) in [6.07, 6.45) is 1.97. The molecule has 1 fully saturated rings. The molecule has 1 aromatic heterocycles. The molecule has 0 aliphatic carbocycles. The normalized spacial score (nSPS) is 13.6. The molecule has 2 amide bonds. The average Bonchev–Trinajstić information content (AvgIpc) is 3.38. The highest BCUT2D eigenvalue weighted by Gasteiger charge is 2.31. The fourth-order valence-corrected chi connectivity index (χ4v) is 4.39. The standard InChI is InChI=1S/C25H29N3O4/c1-4-27-21-11-10-19(32-3)16-20(21)23(28-14-6-9-22(28)29)24(27)25(30)26-13-12-17-7-5-8-18(15-17)31-2/h5,7-8,10-11,15-16H,4,6,9,12-14H2,1-3H3,(H,26,30). The van der Waals surface area contributed by atoms with Gasteiger partial charge in [-0.2, -0.15) is 0 Å². The summed E-state index contributed by atoms with van der Waals surface area (Å²) in [6, 6.07) is 13.6. The van der Waals surface area contributed by atoms with Gasteiger partial charge in [0, 0.05) is 31.4 Å². The van der Waals surface area contributed by atoms with Crippen molar-refractivity contribution in [3.8, 4) is 11.5 Å². The molecule has 0 radical (unpaired) electrons. The summed E-state index contributed by atoms with van der Waals surface area (Å²) in [6.45, 7) is 3.71. The second-order valence-corrected chi connectivity index (χ2v) is 7.83. The number of hydrogen-bond acceptors (Lipinski definition) is 4. The molecule has 7 nitrogen and oxygen atoms in total. The van der Waals surface area contributed by atoms with Crippen LogP contribution in [0.15, 0.2) is 42.5 Å². The lowest BCUT2D eigenvalue weighted by Crippen LogP contribution is -2.32. The number of carbonyl (C=O) groups excluding carboxylic acids is 2. The molecular formula is C25H29N3O4. The number of methoxy groups -OCH3 is 2. The minimum atomic E-state index is -0.181. The molecule has 0 atom stereocenters. The molecule has 0 unspecified atom stereocenters. The summed E-state index contributed by atoms with van der Waals surface area (Å²) in [4.78, 5) is 27.8. The van der Waals surface area contributed by atoms with E-state index in [0.717, 1.165) is 28.6 Å². The Bertz CT molecular complexity index is 1150. The molecule has 0 spiro atoms. The van der Waals surface area contributed by atoms with E-state index >= 15 is 0 Å². The van der Waals surface area contributed by atoms with E-state index in [9.17, 15) is 9.59 Å². The van der Waals surface area contributed by atoms with Crippen molar-refractivity contribution >= 4 is 28.4 Å². The maximum Gasteiger partial charge on any atom is 0.270 e. The molecule has 1 aliphatic heterocycles. The SMILES string of the molecule is CCn1c(C(=O)NCCc2cccc(OC)c2)c(N2CCCC2=O)c2cc(OC)ccc21. The van der Waals surface area contributed by atoms with Crippen LogP contribution in [0.5, 0.6) is 11.5 Å². The van der Waals surface area contributed by atoms with Crippen molar-refractivity contribution < 1.29 is 19.1 Å². The summed E-state index contributed by atoms with van der Waals surface area (Å²) in [5.74, 6) is 1.36. The van der Waals surface area contributed by atoms with Crippen molar-refractivity contribution in [2.75, 3.05) is 32.2 Å². The van der Waals surface area contributed by atoms with E-state index in [0.29, 0.717) is 49.6 Å². The van der Waals surface area contributed by atoms with Gasteiger partial charge in [0.05, 0.1) is 25.4 Å². The Balaban J connectivity index is 1.68. The monoisotopic (exact) mass is 435 g/mol. The zero-order valence-electron chi connectivity index (χ0n) is 18.8. The van der Waals surface area contributed by atoms with Gasteiger partial charge in [-0.15, -0.1) is 0 Å². The lowest BCUT2D eigenvalue weighted by molar-refractivity contribution is -0.117. The molecular weight excluding hydrogens is 406 g/mol. The summed E-state index contributed by atoms with van der Waals surface area (Å²) in [7, 11) is 3.26. The molecule has 1 saturated heterocycles. The van der Waals surface area contributed by atoms with Crippen molar-refractivity contribution in [1.82, 2.24) is 9.88 Å². The summed E-state index contributed by atoms with van der Waals surface area (Å²) < 4.78 is 12.7. The number of anilines is 1. The van der Waals surface area contributed by atoms with Crippen molar-refractivity contribution in [2.24, 2.45) is 0 Å². The topological polar surface area (TPSA) is 72.8 Å². The molecule has 168 valence electrons. The number of ether oxygens (including phenoxy) is 2. The number of benzene rings is 2. The van der Waals surface area contributed by atoms with E-state index in [4.69, 9.17) is 9.47 Å². The summed E-state index contributed by atoms with van der Waals surface area (Å²) in [5.41, 5.74) is 3.21. The second kappa shape index (κ2) is 9.34. The Morgan fingerprint density at radius 1 is 1.09 bits per heavy atom. The Morgan fingerprint density at radius 2 is 1.88 bits per heavy atom. The van der Waals surface area contributed by atoms with Crippen LogP contribution in [-0.2, 0) is 17.8 Å². The van der Waals surface area contributed by atoms with Crippen LogP contribution in [0, 0.1) is 0 Å². The zero-order chi connectivity index (χ0) is 22.7. The van der Waals surface area contributed by atoms with Gasteiger partial charge < -0.3 is 24.3 Å². The largest absolute Gasteiger partial charge is 0.497 e. The number of fused-ring (bicyclic) bond motifs is 1. The van der Waals surface area contributed by atoms with Gasteiger partial charge in [-0.3, -0.25) is 9.59 Å². The van der Waals surface area contributed by atoms with E-state index < -0.39 is 0 Å². The number of rotatable bonds is 8. The second-order valence-electron chi connectivity index (χ2n) is 7.83. The van der Waals surface area contributed by atoms with Gasteiger partial charge in [-0.25, -0.2) is 0 Å². The third-order valence-electron chi connectivity index (χ3n) is 5.95. The minimum Gasteiger partial charge on any atom is -0.497 e. The fourth-order valence-electron chi connectivity index (χ4n) is 4.39. The van der Waals surface area contributed by atoms with Crippen molar-refractivity contribution in [1.29, 1.82) is 0 Å².